The Balaban J connectivity index is 1.83. The minimum atomic E-state index is -0.755. The van der Waals surface area contributed by atoms with Crippen LogP contribution < -0.4 is 0 Å². The van der Waals surface area contributed by atoms with Crippen molar-refractivity contribution >= 4 is 11.9 Å². The Morgan fingerprint density at radius 1 is 1.15 bits per heavy atom. The number of carbonyl (C=O) groups excluding carboxylic acids is 1. The molecule has 2 rings (SSSR count). The third-order valence-corrected chi connectivity index (χ3v) is 4.14. The van der Waals surface area contributed by atoms with Crippen LogP contribution in [0.2, 0.25) is 0 Å². The van der Waals surface area contributed by atoms with Gasteiger partial charge in [0.25, 0.3) is 0 Å². The van der Waals surface area contributed by atoms with Crippen LogP contribution in [0.3, 0.4) is 0 Å². The maximum Gasteiger partial charge on any atom is 0.303 e. The van der Waals surface area contributed by atoms with Crippen molar-refractivity contribution in [1.82, 2.24) is 9.80 Å². The fourth-order valence-corrected chi connectivity index (χ4v) is 2.97. The molecular weight excluding hydrogens is 260 g/mol. The minimum Gasteiger partial charge on any atom is -0.481 e. The summed E-state index contributed by atoms with van der Waals surface area (Å²) in [7, 11) is 0. The van der Waals surface area contributed by atoms with E-state index in [1.54, 1.807) is 0 Å². The number of ether oxygens (including phenoxy) is 1. The standard InChI is InChI=1S/C14H24N2O4/c17-13(15-7-9-20-10-8-15)11-16-6-2-1-3-12(16)4-5-14(18)19/h12H,1-11H2,(H,18,19). The second-order valence-corrected chi connectivity index (χ2v) is 5.55. The van der Waals surface area contributed by atoms with Gasteiger partial charge in [-0.25, -0.2) is 0 Å². The van der Waals surface area contributed by atoms with Crippen molar-refractivity contribution in [3.05, 3.63) is 0 Å². The fraction of sp³-hybridized carbons (Fsp3) is 0.857. The molecule has 1 unspecified atom stereocenters. The van der Waals surface area contributed by atoms with Gasteiger partial charge < -0.3 is 14.7 Å². The number of nitrogens with zero attached hydrogens (tertiary/aromatic N) is 2. The lowest BCUT2D eigenvalue weighted by atomic mass is 9.98. The molecule has 0 saturated carbocycles. The van der Waals surface area contributed by atoms with Gasteiger partial charge in [-0.1, -0.05) is 6.42 Å². The van der Waals surface area contributed by atoms with E-state index in [-0.39, 0.29) is 18.4 Å². The lowest BCUT2D eigenvalue weighted by molar-refractivity contribution is -0.138. The largest absolute Gasteiger partial charge is 0.481 e. The minimum absolute atomic E-state index is 0.149. The Morgan fingerprint density at radius 2 is 1.90 bits per heavy atom. The number of carboxylic acids is 1. The van der Waals surface area contributed by atoms with Gasteiger partial charge in [-0.3, -0.25) is 14.5 Å². The number of carbonyl (C=O) groups is 2. The van der Waals surface area contributed by atoms with Crippen molar-refractivity contribution < 1.29 is 19.4 Å². The molecule has 114 valence electrons. The van der Waals surface area contributed by atoms with Crippen LogP contribution in [0.1, 0.15) is 32.1 Å². The summed E-state index contributed by atoms with van der Waals surface area (Å²) >= 11 is 0. The zero-order chi connectivity index (χ0) is 14.4. The molecule has 1 atom stereocenters. The highest BCUT2D eigenvalue weighted by atomic mass is 16.5. The Hall–Kier alpha value is -1.14. The number of amides is 1. The molecule has 0 spiro atoms. The molecule has 1 N–H and O–H groups in total. The molecule has 0 bridgehead atoms. The highest BCUT2D eigenvalue weighted by Gasteiger charge is 2.27. The first-order valence-corrected chi connectivity index (χ1v) is 7.48. The number of hydrogen-bond donors (Lipinski definition) is 1. The molecule has 2 aliphatic rings. The lowest BCUT2D eigenvalue weighted by Crippen LogP contribution is -2.49. The van der Waals surface area contributed by atoms with E-state index in [4.69, 9.17) is 9.84 Å². The van der Waals surface area contributed by atoms with E-state index in [0.717, 1.165) is 25.8 Å². The number of rotatable bonds is 5. The molecule has 6 nitrogen and oxygen atoms in total. The molecule has 0 radical (unpaired) electrons. The monoisotopic (exact) mass is 284 g/mol. The van der Waals surface area contributed by atoms with E-state index >= 15 is 0 Å². The Kier molecular flexibility index (Phi) is 5.79. The number of hydrogen-bond acceptors (Lipinski definition) is 4. The predicted octanol–water partition coefficient (Wildman–Crippen LogP) is 0.565. The van der Waals surface area contributed by atoms with Crippen LogP contribution in [0, 0.1) is 0 Å². The van der Waals surface area contributed by atoms with E-state index < -0.39 is 5.97 Å². The molecule has 2 aliphatic heterocycles. The van der Waals surface area contributed by atoms with Crippen molar-refractivity contribution in [3.8, 4) is 0 Å². The molecule has 20 heavy (non-hydrogen) atoms. The molecule has 2 heterocycles. The highest BCUT2D eigenvalue weighted by molar-refractivity contribution is 5.78. The quantitative estimate of drug-likeness (QED) is 0.799. The van der Waals surface area contributed by atoms with Crippen LogP contribution in [-0.4, -0.2) is 72.2 Å². The van der Waals surface area contributed by atoms with Gasteiger partial charge in [-0.2, -0.15) is 0 Å². The van der Waals surface area contributed by atoms with E-state index in [0.29, 0.717) is 39.3 Å². The smallest absolute Gasteiger partial charge is 0.303 e. The molecule has 0 aromatic carbocycles. The molecule has 1 amide bonds. The first kappa shape index (κ1) is 15.3. The molecule has 0 aliphatic carbocycles. The predicted molar refractivity (Wildman–Crippen MR) is 73.5 cm³/mol. The maximum atomic E-state index is 12.3. The van der Waals surface area contributed by atoms with Crippen molar-refractivity contribution in [2.24, 2.45) is 0 Å². The van der Waals surface area contributed by atoms with Crippen LogP contribution in [0.5, 0.6) is 0 Å². The van der Waals surface area contributed by atoms with Crippen molar-refractivity contribution in [3.63, 3.8) is 0 Å². The normalized spacial score (nSPS) is 24.6. The van der Waals surface area contributed by atoms with E-state index in [1.807, 2.05) is 4.90 Å². The zero-order valence-corrected chi connectivity index (χ0v) is 11.9. The van der Waals surface area contributed by atoms with E-state index in [9.17, 15) is 9.59 Å². The molecular formula is C14H24N2O4. The topological polar surface area (TPSA) is 70.1 Å². The van der Waals surface area contributed by atoms with Gasteiger partial charge in [0, 0.05) is 25.6 Å². The average Bonchev–Trinajstić information content (AvgIpc) is 2.47. The Labute approximate surface area is 119 Å². The second kappa shape index (κ2) is 7.59. The third-order valence-electron chi connectivity index (χ3n) is 4.14. The number of likely N-dealkylation sites (tertiary alicyclic amines) is 1. The fourth-order valence-electron chi connectivity index (χ4n) is 2.97. The van der Waals surface area contributed by atoms with Crippen molar-refractivity contribution in [1.29, 1.82) is 0 Å². The van der Waals surface area contributed by atoms with Crippen LogP contribution in [0.4, 0.5) is 0 Å². The summed E-state index contributed by atoms with van der Waals surface area (Å²) in [4.78, 5) is 27.0. The molecule has 2 fully saturated rings. The second-order valence-electron chi connectivity index (χ2n) is 5.55. The van der Waals surface area contributed by atoms with Crippen LogP contribution in [-0.2, 0) is 14.3 Å². The first-order valence-electron chi connectivity index (χ1n) is 7.48. The summed E-state index contributed by atoms with van der Waals surface area (Å²) in [6.45, 7) is 3.91. The van der Waals surface area contributed by atoms with E-state index in [1.165, 1.54) is 0 Å². The summed E-state index contributed by atoms with van der Waals surface area (Å²) < 4.78 is 5.25. The lowest BCUT2D eigenvalue weighted by Gasteiger charge is -2.37. The van der Waals surface area contributed by atoms with Crippen LogP contribution in [0.15, 0.2) is 0 Å². The summed E-state index contributed by atoms with van der Waals surface area (Å²) in [6.07, 6.45) is 4.06. The zero-order valence-electron chi connectivity index (χ0n) is 11.9. The SMILES string of the molecule is O=C(O)CCC1CCCCN1CC(=O)N1CCOCC1. The van der Waals surface area contributed by atoms with Gasteiger partial charge >= 0.3 is 5.97 Å². The summed E-state index contributed by atoms with van der Waals surface area (Å²) in [6, 6.07) is 0.241. The first-order chi connectivity index (χ1) is 9.66. The number of piperidine rings is 1. The van der Waals surface area contributed by atoms with Gasteiger partial charge in [0.15, 0.2) is 0 Å². The van der Waals surface area contributed by atoms with Crippen LogP contribution in [0.25, 0.3) is 0 Å². The average molecular weight is 284 g/mol. The van der Waals surface area contributed by atoms with Crippen molar-refractivity contribution in [2.45, 2.75) is 38.1 Å². The molecule has 0 aromatic rings. The maximum absolute atomic E-state index is 12.3. The van der Waals surface area contributed by atoms with Gasteiger partial charge in [-0.15, -0.1) is 0 Å². The summed E-state index contributed by atoms with van der Waals surface area (Å²) in [5.41, 5.74) is 0. The molecule has 6 heteroatoms. The van der Waals surface area contributed by atoms with Crippen molar-refractivity contribution in [2.75, 3.05) is 39.4 Å². The van der Waals surface area contributed by atoms with Crippen LogP contribution >= 0.6 is 0 Å². The van der Waals surface area contributed by atoms with Gasteiger partial charge in [-0.05, 0) is 25.8 Å². The van der Waals surface area contributed by atoms with E-state index in [2.05, 4.69) is 4.90 Å². The third kappa shape index (κ3) is 4.45. The number of morpholine rings is 1. The van der Waals surface area contributed by atoms with Gasteiger partial charge in [0.05, 0.1) is 19.8 Å². The molecule has 2 saturated heterocycles. The Bertz CT molecular complexity index is 342. The molecule has 0 aromatic heterocycles. The summed E-state index contributed by atoms with van der Waals surface area (Å²) in [5.74, 6) is -0.606. The Morgan fingerprint density at radius 3 is 2.60 bits per heavy atom. The number of aliphatic carboxylic acids is 1. The van der Waals surface area contributed by atoms with Gasteiger partial charge in [0.1, 0.15) is 0 Å². The van der Waals surface area contributed by atoms with Gasteiger partial charge in [0.2, 0.25) is 5.91 Å². The highest BCUT2D eigenvalue weighted by Crippen LogP contribution is 2.21. The summed E-state index contributed by atoms with van der Waals surface area (Å²) in [5, 5.41) is 8.81. The number of carboxylic acid groups (broad SMARTS) is 1.